The first kappa shape index (κ1) is 13.6. The zero-order chi connectivity index (χ0) is 15.7. The molecule has 0 bridgehead atoms. The van der Waals surface area contributed by atoms with Crippen LogP contribution >= 0.6 is 0 Å². The van der Waals surface area contributed by atoms with E-state index in [-0.39, 0.29) is 11.7 Å². The number of aromatic nitrogens is 3. The Bertz CT molecular complexity index is 857. The average Bonchev–Trinajstić information content (AvgIpc) is 2.97. The Morgan fingerprint density at radius 1 is 1.23 bits per heavy atom. The number of phenols is 1. The molecule has 1 aromatic carbocycles. The first-order valence-electron chi connectivity index (χ1n) is 6.39. The molecule has 4 N–H and O–H groups in total. The van der Waals surface area contributed by atoms with Crippen molar-refractivity contribution in [3.63, 3.8) is 0 Å². The Labute approximate surface area is 125 Å². The highest BCUT2D eigenvalue weighted by molar-refractivity contribution is 5.80. The molecule has 7 nitrogen and oxygen atoms in total. The number of phenolic OH excluding ortho intramolecular Hbond substituents is 1. The van der Waals surface area contributed by atoms with Gasteiger partial charge in [-0.25, -0.2) is 14.8 Å². The first-order valence-corrected chi connectivity index (χ1v) is 6.39. The van der Waals surface area contributed by atoms with E-state index in [1.165, 1.54) is 18.5 Å². The molecule has 0 amide bonds. The lowest BCUT2D eigenvalue weighted by Gasteiger charge is -2.09. The summed E-state index contributed by atoms with van der Waals surface area (Å²) < 4.78 is 1.10. The van der Waals surface area contributed by atoms with E-state index in [9.17, 15) is 9.90 Å². The van der Waals surface area contributed by atoms with Crippen molar-refractivity contribution < 1.29 is 15.0 Å². The van der Waals surface area contributed by atoms with Gasteiger partial charge in [0.05, 0.1) is 11.4 Å². The largest absolute Gasteiger partial charge is 0.507 e. The lowest BCUT2D eigenvalue weighted by molar-refractivity contribution is 0.197. The third-order valence-corrected chi connectivity index (χ3v) is 3.20. The number of nitrogens with two attached hydrogens (primary N) is 1. The van der Waals surface area contributed by atoms with Crippen LogP contribution in [0.4, 0.5) is 10.7 Å². The van der Waals surface area contributed by atoms with E-state index in [0.717, 1.165) is 4.57 Å². The molecule has 110 valence electrons. The van der Waals surface area contributed by atoms with Crippen molar-refractivity contribution in [2.24, 2.45) is 0 Å². The van der Waals surface area contributed by atoms with Crippen LogP contribution in [0.5, 0.6) is 5.75 Å². The van der Waals surface area contributed by atoms with Crippen LogP contribution in [-0.4, -0.2) is 30.8 Å². The van der Waals surface area contributed by atoms with Crippen molar-refractivity contribution in [1.82, 2.24) is 14.5 Å². The van der Waals surface area contributed by atoms with Crippen LogP contribution < -0.4 is 5.73 Å². The number of anilines is 1. The maximum absolute atomic E-state index is 11.2. The predicted molar refractivity (Wildman–Crippen MR) is 80.4 cm³/mol. The second-order valence-electron chi connectivity index (χ2n) is 4.58. The second-order valence-corrected chi connectivity index (χ2v) is 4.58. The van der Waals surface area contributed by atoms with E-state index in [1.54, 1.807) is 30.3 Å². The summed E-state index contributed by atoms with van der Waals surface area (Å²) in [6, 6.07) is 9.72. The van der Waals surface area contributed by atoms with Gasteiger partial charge in [0.2, 0.25) is 5.95 Å². The molecule has 0 unspecified atom stereocenters. The summed E-state index contributed by atoms with van der Waals surface area (Å²) in [4.78, 5) is 19.1. The van der Waals surface area contributed by atoms with E-state index >= 15 is 0 Å². The molecule has 0 fully saturated rings. The molecule has 0 aliphatic rings. The summed E-state index contributed by atoms with van der Waals surface area (Å²) in [6.45, 7) is 0. The molecule has 0 saturated heterocycles. The number of hydrogen-bond donors (Lipinski definition) is 3. The Hall–Kier alpha value is -3.35. The van der Waals surface area contributed by atoms with Crippen LogP contribution in [0.3, 0.4) is 0 Å². The Morgan fingerprint density at radius 3 is 2.77 bits per heavy atom. The number of hydrogen-bond acceptors (Lipinski definition) is 5. The minimum absolute atomic E-state index is 0.0234. The molecular weight excluding hydrogens is 284 g/mol. The molecule has 7 heteroatoms. The monoisotopic (exact) mass is 296 g/mol. The number of nitrogen functional groups attached to an aromatic ring is 1. The highest BCUT2D eigenvalue weighted by Gasteiger charge is 2.13. The zero-order valence-electron chi connectivity index (χ0n) is 11.3. The van der Waals surface area contributed by atoms with Crippen molar-refractivity contribution in [3.8, 4) is 28.3 Å². The first-order chi connectivity index (χ1) is 10.6. The van der Waals surface area contributed by atoms with Gasteiger partial charge in [-0.15, -0.1) is 0 Å². The van der Waals surface area contributed by atoms with Gasteiger partial charge in [0.1, 0.15) is 5.75 Å². The quantitative estimate of drug-likeness (QED) is 0.669. The van der Waals surface area contributed by atoms with Gasteiger partial charge in [0.25, 0.3) is 0 Å². The van der Waals surface area contributed by atoms with E-state index < -0.39 is 6.09 Å². The summed E-state index contributed by atoms with van der Waals surface area (Å²) in [5.74, 6) is 0.117. The van der Waals surface area contributed by atoms with Gasteiger partial charge < -0.3 is 15.9 Å². The molecule has 0 spiro atoms. The van der Waals surface area contributed by atoms with Crippen LogP contribution in [0, 0.1) is 0 Å². The summed E-state index contributed by atoms with van der Waals surface area (Å²) in [5.41, 5.74) is 7.60. The van der Waals surface area contributed by atoms with Crippen LogP contribution in [0.1, 0.15) is 0 Å². The molecule has 0 radical (unpaired) electrons. The fourth-order valence-corrected chi connectivity index (χ4v) is 2.21. The molecule has 0 atom stereocenters. The van der Waals surface area contributed by atoms with Gasteiger partial charge in [-0.3, -0.25) is 4.57 Å². The van der Waals surface area contributed by atoms with Gasteiger partial charge in [-0.05, 0) is 42.0 Å². The highest BCUT2D eigenvalue weighted by atomic mass is 16.4. The van der Waals surface area contributed by atoms with Gasteiger partial charge in [0, 0.05) is 18.0 Å². The zero-order valence-corrected chi connectivity index (χ0v) is 11.3. The molecule has 3 rings (SSSR count). The molecule has 2 heterocycles. The fourth-order valence-electron chi connectivity index (χ4n) is 2.21. The lowest BCUT2D eigenvalue weighted by atomic mass is 10.0. The third kappa shape index (κ3) is 2.35. The maximum atomic E-state index is 11.2. The minimum atomic E-state index is -1.08. The maximum Gasteiger partial charge on any atom is 0.415 e. The smallest absolute Gasteiger partial charge is 0.415 e. The summed E-state index contributed by atoms with van der Waals surface area (Å²) in [5, 5.41) is 19.2. The van der Waals surface area contributed by atoms with Crippen molar-refractivity contribution in [3.05, 3.63) is 48.8 Å². The van der Waals surface area contributed by atoms with Gasteiger partial charge in [-0.2, -0.15) is 0 Å². The van der Waals surface area contributed by atoms with E-state index in [0.29, 0.717) is 22.5 Å². The van der Waals surface area contributed by atoms with Gasteiger partial charge in [-0.1, -0.05) is 0 Å². The standard InChI is InChI=1S/C15H12N4O3/c16-14-17-6-5-11(18-14)10-8-9(3-4-13(10)20)12-2-1-7-19(12)15(21)22/h1-8,20H,(H,21,22)(H2,16,17,18). The van der Waals surface area contributed by atoms with E-state index in [4.69, 9.17) is 10.8 Å². The number of carboxylic acid groups (broad SMARTS) is 1. The van der Waals surface area contributed by atoms with Crippen LogP contribution in [-0.2, 0) is 0 Å². The third-order valence-electron chi connectivity index (χ3n) is 3.20. The van der Waals surface area contributed by atoms with E-state index in [2.05, 4.69) is 9.97 Å². The second kappa shape index (κ2) is 5.21. The van der Waals surface area contributed by atoms with Crippen molar-refractivity contribution in [2.45, 2.75) is 0 Å². The number of benzene rings is 1. The molecule has 22 heavy (non-hydrogen) atoms. The normalized spacial score (nSPS) is 10.5. The van der Waals surface area contributed by atoms with Crippen LogP contribution in [0.15, 0.2) is 48.8 Å². The number of aromatic hydroxyl groups is 1. The Morgan fingerprint density at radius 2 is 2.05 bits per heavy atom. The SMILES string of the molecule is Nc1nccc(-c2cc(-c3cccn3C(=O)O)ccc2O)n1. The molecule has 0 saturated carbocycles. The number of nitrogens with zero attached hydrogens (tertiary/aromatic N) is 3. The topological polar surface area (TPSA) is 114 Å². The minimum Gasteiger partial charge on any atom is -0.507 e. The fraction of sp³-hybridized carbons (Fsp3) is 0. The highest BCUT2D eigenvalue weighted by Crippen LogP contribution is 2.32. The van der Waals surface area contributed by atoms with Gasteiger partial charge >= 0.3 is 6.09 Å². The molecule has 0 aliphatic carbocycles. The summed E-state index contributed by atoms with van der Waals surface area (Å²) in [6.07, 6.45) is 1.86. The molecule has 3 aromatic rings. The van der Waals surface area contributed by atoms with Crippen molar-refractivity contribution in [1.29, 1.82) is 0 Å². The Kier molecular flexibility index (Phi) is 3.23. The Balaban J connectivity index is 2.15. The van der Waals surface area contributed by atoms with Crippen LogP contribution in [0.25, 0.3) is 22.5 Å². The summed E-state index contributed by atoms with van der Waals surface area (Å²) in [7, 11) is 0. The van der Waals surface area contributed by atoms with Gasteiger partial charge in [0.15, 0.2) is 0 Å². The number of carbonyl (C=O) groups is 1. The molecule has 2 aromatic heterocycles. The number of rotatable bonds is 2. The molecular formula is C15H12N4O3. The summed E-state index contributed by atoms with van der Waals surface area (Å²) >= 11 is 0. The average molecular weight is 296 g/mol. The van der Waals surface area contributed by atoms with Crippen molar-refractivity contribution in [2.75, 3.05) is 5.73 Å². The lowest BCUT2D eigenvalue weighted by Crippen LogP contribution is -2.07. The predicted octanol–water partition coefficient (Wildman–Crippen LogP) is 2.43. The van der Waals surface area contributed by atoms with Crippen molar-refractivity contribution >= 4 is 12.0 Å². The van der Waals surface area contributed by atoms with Crippen LogP contribution in [0.2, 0.25) is 0 Å². The molecule has 0 aliphatic heterocycles. The van der Waals surface area contributed by atoms with E-state index in [1.807, 2.05) is 0 Å².